The number of fused-ring (bicyclic) bond motifs is 1. The zero-order valence-electron chi connectivity index (χ0n) is 10.1. The van der Waals surface area contributed by atoms with Crippen molar-refractivity contribution in [2.75, 3.05) is 0 Å². The number of rotatable bonds is 1. The van der Waals surface area contributed by atoms with Crippen LogP contribution in [0.3, 0.4) is 0 Å². The highest BCUT2D eigenvalue weighted by Crippen LogP contribution is 2.47. The Bertz CT molecular complexity index is 482. The van der Waals surface area contributed by atoms with Gasteiger partial charge in [0, 0.05) is 5.92 Å². The molecule has 3 N–H and O–H groups in total. The molecular weight excluding hydrogens is 212 g/mol. The first-order valence-electron chi connectivity index (χ1n) is 6.30. The second kappa shape index (κ2) is 3.76. The molecule has 3 nitrogen and oxygen atoms in total. The van der Waals surface area contributed by atoms with Gasteiger partial charge in [-0.1, -0.05) is 35.4 Å². The number of oxime groups is 1. The molecule has 3 heteroatoms. The van der Waals surface area contributed by atoms with Crippen molar-refractivity contribution in [2.24, 2.45) is 22.7 Å². The van der Waals surface area contributed by atoms with Gasteiger partial charge in [-0.05, 0) is 42.7 Å². The second-order valence-electron chi connectivity index (χ2n) is 5.30. The summed E-state index contributed by atoms with van der Waals surface area (Å²) in [4.78, 5) is 0. The predicted molar refractivity (Wildman–Crippen MR) is 67.7 cm³/mol. The maximum atomic E-state index is 8.78. The maximum absolute atomic E-state index is 8.78. The van der Waals surface area contributed by atoms with Crippen LogP contribution in [0, 0.1) is 11.8 Å². The molecule has 0 amide bonds. The number of allylic oxidation sites excluding steroid dienone is 6. The molecule has 0 aromatic heterocycles. The molecule has 0 spiro atoms. The number of hydrogen-bond acceptors (Lipinski definition) is 2. The third kappa shape index (κ3) is 1.53. The topological polar surface area (TPSA) is 58.6 Å². The molecule has 17 heavy (non-hydrogen) atoms. The van der Waals surface area contributed by atoms with E-state index in [1.807, 2.05) is 0 Å². The number of nitrogens with zero attached hydrogens (tertiary/aromatic N) is 1. The summed E-state index contributed by atoms with van der Waals surface area (Å²) < 4.78 is 0. The molecule has 3 rings (SSSR count). The summed E-state index contributed by atoms with van der Waals surface area (Å²) >= 11 is 0. The minimum absolute atomic E-state index is 0.209. The van der Waals surface area contributed by atoms with Gasteiger partial charge in [0.25, 0.3) is 0 Å². The van der Waals surface area contributed by atoms with Gasteiger partial charge in [0.15, 0.2) is 0 Å². The van der Waals surface area contributed by atoms with Gasteiger partial charge in [0.05, 0.1) is 0 Å². The molecule has 0 aromatic carbocycles. The van der Waals surface area contributed by atoms with Crippen LogP contribution in [0.5, 0.6) is 0 Å². The Morgan fingerprint density at radius 3 is 3.00 bits per heavy atom. The van der Waals surface area contributed by atoms with Crippen molar-refractivity contribution in [3.05, 3.63) is 34.4 Å². The molecule has 2 unspecified atom stereocenters. The summed E-state index contributed by atoms with van der Waals surface area (Å²) in [5.74, 6) is 1.19. The van der Waals surface area contributed by atoms with E-state index in [-0.39, 0.29) is 5.92 Å². The highest BCUT2D eigenvalue weighted by atomic mass is 16.4. The van der Waals surface area contributed by atoms with Gasteiger partial charge >= 0.3 is 0 Å². The standard InChI is InChI=1S/C14H18N2O/c1-8-2-4-12-11(8)5-3-9-6-10(7-13(9)12)14(15)16-17/h2,4,8,10,17H,3,5-7H2,1H3,(H2,15,16). The van der Waals surface area contributed by atoms with Gasteiger partial charge in [-0.3, -0.25) is 0 Å². The molecule has 3 aliphatic rings. The van der Waals surface area contributed by atoms with Crippen LogP contribution in [-0.2, 0) is 0 Å². The SMILES string of the molecule is CC1C=CC2=C1CCC1=C2CC(C(N)=NO)C1. The molecule has 90 valence electrons. The lowest BCUT2D eigenvalue weighted by molar-refractivity contribution is 0.314. The van der Waals surface area contributed by atoms with E-state index in [1.165, 1.54) is 23.1 Å². The Hall–Kier alpha value is -1.51. The molecule has 2 atom stereocenters. The minimum atomic E-state index is 0.209. The van der Waals surface area contributed by atoms with Crippen molar-refractivity contribution in [1.82, 2.24) is 0 Å². The highest BCUT2D eigenvalue weighted by molar-refractivity contribution is 5.84. The first-order chi connectivity index (χ1) is 8.20. The van der Waals surface area contributed by atoms with E-state index in [9.17, 15) is 0 Å². The molecule has 0 radical (unpaired) electrons. The third-order valence-electron chi connectivity index (χ3n) is 4.37. The van der Waals surface area contributed by atoms with Crippen LogP contribution in [0.1, 0.15) is 32.6 Å². The number of amidine groups is 1. The Morgan fingerprint density at radius 2 is 2.24 bits per heavy atom. The first-order valence-corrected chi connectivity index (χ1v) is 6.30. The molecule has 0 aromatic rings. The molecule has 0 saturated carbocycles. The number of hydrogen-bond donors (Lipinski definition) is 2. The van der Waals surface area contributed by atoms with Crippen molar-refractivity contribution in [1.29, 1.82) is 0 Å². The van der Waals surface area contributed by atoms with E-state index >= 15 is 0 Å². The van der Waals surface area contributed by atoms with E-state index in [0.29, 0.717) is 11.8 Å². The summed E-state index contributed by atoms with van der Waals surface area (Å²) in [5.41, 5.74) is 11.8. The van der Waals surface area contributed by atoms with Gasteiger partial charge in [0.2, 0.25) is 0 Å². The van der Waals surface area contributed by atoms with Crippen LogP contribution in [-0.4, -0.2) is 11.0 Å². The molecular formula is C14H18N2O. The third-order valence-corrected chi connectivity index (χ3v) is 4.37. The van der Waals surface area contributed by atoms with E-state index in [2.05, 4.69) is 24.2 Å². The van der Waals surface area contributed by atoms with Gasteiger partial charge in [-0.25, -0.2) is 0 Å². The Balaban J connectivity index is 1.90. The molecule has 3 aliphatic carbocycles. The van der Waals surface area contributed by atoms with Crippen LogP contribution in [0.4, 0.5) is 0 Å². The van der Waals surface area contributed by atoms with E-state index < -0.39 is 0 Å². The van der Waals surface area contributed by atoms with Crippen LogP contribution < -0.4 is 5.73 Å². The Labute approximate surface area is 101 Å². The largest absolute Gasteiger partial charge is 0.409 e. The van der Waals surface area contributed by atoms with Crippen molar-refractivity contribution in [2.45, 2.75) is 32.6 Å². The summed E-state index contributed by atoms with van der Waals surface area (Å²) in [6, 6.07) is 0. The molecule has 0 aliphatic heterocycles. The van der Waals surface area contributed by atoms with Crippen molar-refractivity contribution in [3.63, 3.8) is 0 Å². The van der Waals surface area contributed by atoms with Crippen LogP contribution in [0.25, 0.3) is 0 Å². The Morgan fingerprint density at radius 1 is 1.41 bits per heavy atom. The summed E-state index contributed by atoms with van der Waals surface area (Å²) in [7, 11) is 0. The highest BCUT2D eigenvalue weighted by Gasteiger charge is 2.33. The molecule has 0 fully saturated rings. The number of nitrogens with two attached hydrogens (primary N) is 1. The summed E-state index contributed by atoms with van der Waals surface area (Å²) in [6.07, 6.45) is 8.83. The minimum Gasteiger partial charge on any atom is -0.409 e. The zero-order chi connectivity index (χ0) is 12.0. The predicted octanol–water partition coefficient (Wildman–Crippen LogP) is 2.74. The molecule has 0 heterocycles. The van der Waals surface area contributed by atoms with Gasteiger partial charge < -0.3 is 10.9 Å². The van der Waals surface area contributed by atoms with Gasteiger partial charge in [-0.15, -0.1) is 0 Å². The lowest BCUT2D eigenvalue weighted by Gasteiger charge is -2.19. The van der Waals surface area contributed by atoms with Gasteiger partial charge in [-0.2, -0.15) is 0 Å². The van der Waals surface area contributed by atoms with Crippen molar-refractivity contribution < 1.29 is 5.21 Å². The fourth-order valence-electron chi connectivity index (χ4n) is 3.38. The first kappa shape index (κ1) is 10.6. The molecule has 0 saturated heterocycles. The smallest absolute Gasteiger partial charge is 0.142 e. The fraction of sp³-hybridized carbons (Fsp3) is 0.500. The monoisotopic (exact) mass is 230 g/mol. The van der Waals surface area contributed by atoms with Crippen LogP contribution in [0.15, 0.2) is 39.6 Å². The van der Waals surface area contributed by atoms with E-state index in [4.69, 9.17) is 10.9 Å². The zero-order valence-corrected chi connectivity index (χ0v) is 10.1. The lowest BCUT2D eigenvalue weighted by Crippen LogP contribution is -2.21. The van der Waals surface area contributed by atoms with E-state index in [0.717, 1.165) is 19.3 Å². The Kier molecular flexibility index (Phi) is 2.35. The second-order valence-corrected chi connectivity index (χ2v) is 5.30. The quantitative estimate of drug-likeness (QED) is 0.315. The summed E-state index contributed by atoms with van der Waals surface area (Å²) in [6.45, 7) is 2.26. The normalized spacial score (nSPS) is 32.2. The maximum Gasteiger partial charge on any atom is 0.142 e. The average molecular weight is 230 g/mol. The van der Waals surface area contributed by atoms with E-state index in [1.54, 1.807) is 5.57 Å². The van der Waals surface area contributed by atoms with Gasteiger partial charge in [0.1, 0.15) is 5.84 Å². The molecule has 0 bridgehead atoms. The van der Waals surface area contributed by atoms with Crippen LogP contribution in [0.2, 0.25) is 0 Å². The fourth-order valence-corrected chi connectivity index (χ4v) is 3.38. The summed E-state index contributed by atoms with van der Waals surface area (Å²) in [5, 5.41) is 11.9. The van der Waals surface area contributed by atoms with Crippen LogP contribution >= 0.6 is 0 Å². The lowest BCUT2D eigenvalue weighted by atomic mass is 9.86. The van der Waals surface area contributed by atoms with Crippen molar-refractivity contribution in [3.8, 4) is 0 Å². The average Bonchev–Trinajstić information content (AvgIpc) is 2.91. The van der Waals surface area contributed by atoms with Crippen molar-refractivity contribution >= 4 is 5.84 Å².